The summed E-state index contributed by atoms with van der Waals surface area (Å²) in [4.78, 5) is 27.7. The third-order valence-corrected chi connectivity index (χ3v) is 4.81. The van der Waals surface area contributed by atoms with E-state index in [1.165, 1.54) is 0 Å². The van der Waals surface area contributed by atoms with Gasteiger partial charge in [-0.25, -0.2) is 0 Å². The van der Waals surface area contributed by atoms with Gasteiger partial charge in [0.2, 0.25) is 0 Å². The van der Waals surface area contributed by atoms with Crippen molar-refractivity contribution in [2.24, 2.45) is 0 Å². The van der Waals surface area contributed by atoms with Crippen LogP contribution in [0, 0.1) is 0 Å². The molecule has 25 heavy (non-hydrogen) atoms. The zero-order chi connectivity index (χ0) is 19.0. The maximum atomic E-state index is 12.7. The number of carbonyl (C=O) groups excluding carboxylic acids is 2. The van der Waals surface area contributed by atoms with E-state index in [0.29, 0.717) is 17.3 Å². The van der Waals surface area contributed by atoms with Gasteiger partial charge in [-0.3, -0.25) is 9.59 Å². The fourth-order valence-electron chi connectivity index (χ4n) is 2.76. The van der Waals surface area contributed by atoms with Gasteiger partial charge in [0.05, 0.1) is 17.8 Å². The highest BCUT2D eigenvalue weighted by Gasteiger charge is 2.26. The Morgan fingerprint density at radius 3 is 2.20 bits per heavy atom. The molecule has 0 aliphatic heterocycles. The van der Waals surface area contributed by atoms with Gasteiger partial charge in [-0.2, -0.15) is 0 Å². The average Bonchev–Trinajstić information content (AvgIpc) is 2.56. The molecule has 0 radical (unpaired) electrons. The number of nitrogens with one attached hydrogen (secondary N) is 2. The van der Waals surface area contributed by atoms with Gasteiger partial charge in [-0.1, -0.05) is 37.6 Å². The lowest BCUT2D eigenvalue weighted by Crippen LogP contribution is -3.11. The van der Waals surface area contributed by atoms with Gasteiger partial charge in [-0.05, 0) is 38.8 Å². The second-order valence-corrected chi connectivity index (χ2v) is 7.06. The first-order chi connectivity index (χ1) is 11.8. The van der Waals surface area contributed by atoms with Crippen LogP contribution in [0.15, 0.2) is 24.3 Å². The molecule has 0 saturated carbocycles. The van der Waals surface area contributed by atoms with Gasteiger partial charge in [0, 0.05) is 12.1 Å². The molecule has 0 spiro atoms. The van der Waals surface area contributed by atoms with E-state index < -0.39 is 0 Å². The highest BCUT2D eigenvalue weighted by atomic mass is 35.5. The summed E-state index contributed by atoms with van der Waals surface area (Å²) in [7, 11) is 1.86. The van der Waals surface area contributed by atoms with Crippen molar-refractivity contribution < 1.29 is 14.5 Å². The van der Waals surface area contributed by atoms with Crippen molar-refractivity contribution in [2.45, 2.75) is 52.6 Å². The number of para-hydroxylation sites is 1. The molecule has 0 aromatic heterocycles. The lowest BCUT2D eigenvalue weighted by molar-refractivity contribution is -0.862. The number of nitrogens with zero attached hydrogens (tertiary/aromatic N) is 1. The molecule has 1 rings (SSSR count). The Kier molecular flexibility index (Phi) is 8.93. The molecule has 0 bridgehead atoms. The number of hydrogen-bond donors (Lipinski definition) is 2. The smallest absolute Gasteiger partial charge is 0.279 e. The molecule has 0 heterocycles. The minimum atomic E-state index is -0.156. The first kappa shape index (κ1) is 21.5. The lowest BCUT2D eigenvalue weighted by atomic mass is 10.1. The first-order valence-electron chi connectivity index (χ1n) is 8.96. The minimum Gasteiger partial charge on any atom is -0.332 e. The molecule has 6 heteroatoms. The maximum Gasteiger partial charge on any atom is 0.279 e. The zero-order valence-corrected chi connectivity index (χ0v) is 16.7. The molecule has 1 aromatic rings. The number of carbonyl (C=O) groups is 2. The molecular formula is C19H31ClN3O2+. The van der Waals surface area contributed by atoms with E-state index in [1.807, 2.05) is 24.1 Å². The molecule has 0 saturated heterocycles. The van der Waals surface area contributed by atoms with Crippen LogP contribution < -0.4 is 10.2 Å². The summed E-state index contributed by atoms with van der Waals surface area (Å²) in [5.41, 5.74) is 0.592. The number of anilines is 1. The Morgan fingerprint density at radius 1 is 1.12 bits per heavy atom. The normalized spacial score (nSPS) is 14.5. The number of hydrogen-bond acceptors (Lipinski definition) is 2. The number of quaternary nitrogens is 1. The monoisotopic (exact) mass is 368 g/mol. The Bertz CT molecular complexity index is 570. The second-order valence-electron chi connectivity index (χ2n) is 6.65. The van der Waals surface area contributed by atoms with Crippen LogP contribution in [0.25, 0.3) is 0 Å². The van der Waals surface area contributed by atoms with Crippen LogP contribution in [0.5, 0.6) is 0 Å². The van der Waals surface area contributed by atoms with E-state index in [1.54, 1.807) is 12.1 Å². The molecule has 0 fully saturated rings. The molecule has 0 aliphatic carbocycles. The summed E-state index contributed by atoms with van der Waals surface area (Å²) >= 11 is 6.05. The van der Waals surface area contributed by atoms with Gasteiger partial charge in [0.25, 0.3) is 11.8 Å². The van der Waals surface area contributed by atoms with E-state index in [-0.39, 0.29) is 30.4 Å². The Hall–Kier alpha value is -1.59. The Morgan fingerprint density at radius 2 is 1.68 bits per heavy atom. The van der Waals surface area contributed by atoms with Crippen LogP contribution in [-0.2, 0) is 9.59 Å². The molecule has 140 valence electrons. The molecule has 0 aliphatic rings. The van der Waals surface area contributed by atoms with E-state index in [9.17, 15) is 9.59 Å². The molecule has 2 N–H and O–H groups in total. The van der Waals surface area contributed by atoms with E-state index >= 15 is 0 Å². The Balaban J connectivity index is 2.61. The second kappa shape index (κ2) is 10.4. The highest BCUT2D eigenvalue weighted by molar-refractivity contribution is 6.33. The molecule has 2 amide bonds. The van der Waals surface area contributed by atoms with Crippen molar-refractivity contribution in [2.75, 3.05) is 25.5 Å². The summed E-state index contributed by atoms with van der Waals surface area (Å²) in [5.74, 6) is -0.0660. The van der Waals surface area contributed by atoms with E-state index in [2.05, 4.69) is 33.0 Å². The van der Waals surface area contributed by atoms with Crippen LogP contribution in [0.1, 0.15) is 40.5 Å². The van der Waals surface area contributed by atoms with Crippen molar-refractivity contribution in [1.82, 2.24) is 4.90 Å². The predicted octanol–water partition coefficient (Wildman–Crippen LogP) is 2.22. The molecule has 1 aromatic carbocycles. The minimum absolute atomic E-state index is 0.0896. The summed E-state index contributed by atoms with van der Waals surface area (Å²) in [6.07, 6.45) is 1.84. The van der Waals surface area contributed by atoms with Crippen molar-refractivity contribution in [3.05, 3.63) is 29.3 Å². The number of benzene rings is 1. The zero-order valence-electron chi connectivity index (χ0n) is 15.9. The number of rotatable bonds is 9. The largest absolute Gasteiger partial charge is 0.332 e. The van der Waals surface area contributed by atoms with Gasteiger partial charge in [0.1, 0.15) is 0 Å². The van der Waals surface area contributed by atoms with Crippen molar-refractivity contribution >= 4 is 29.1 Å². The Labute approximate surface area is 156 Å². The van der Waals surface area contributed by atoms with E-state index in [4.69, 9.17) is 11.6 Å². The SMILES string of the molecule is CC[C@@H](C)N(C(=O)C[NH+](C)CC(=O)Nc1ccccc1Cl)[C@@H](C)CC. The molecular weight excluding hydrogens is 338 g/mol. The summed E-state index contributed by atoms with van der Waals surface area (Å²) in [6, 6.07) is 7.52. The predicted molar refractivity (Wildman–Crippen MR) is 103 cm³/mol. The van der Waals surface area contributed by atoms with Crippen molar-refractivity contribution in [3.63, 3.8) is 0 Å². The van der Waals surface area contributed by atoms with Crippen molar-refractivity contribution in [3.8, 4) is 0 Å². The summed E-state index contributed by atoms with van der Waals surface area (Å²) < 4.78 is 0. The highest BCUT2D eigenvalue weighted by Crippen LogP contribution is 2.19. The van der Waals surface area contributed by atoms with Gasteiger partial charge in [-0.15, -0.1) is 0 Å². The standard InChI is InChI=1S/C19H30ClN3O2/c1-6-14(3)23(15(4)7-2)19(25)13-22(5)12-18(24)21-17-11-9-8-10-16(17)20/h8-11,14-15H,6-7,12-13H2,1-5H3,(H,21,24)/p+1/t14-,15+. The van der Waals surface area contributed by atoms with Crippen LogP contribution in [0.2, 0.25) is 5.02 Å². The molecule has 3 atom stereocenters. The summed E-state index contributed by atoms with van der Waals surface area (Å²) in [6.45, 7) is 8.82. The fraction of sp³-hybridized carbons (Fsp3) is 0.579. The quantitative estimate of drug-likeness (QED) is 0.702. The van der Waals surface area contributed by atoms with Gasteiger partial charge >= 0.3 is 0 Å². The third-order valence-electron chi connectivity index (χ3n) is 4.48. The average molecular weight is 369 g/mol. The topological polar surface area (TPSA) is 53.9 Å². The van der Waals surface area contributed by atoms with E-state index in [0.717, 1.165) is 17.7 Å². The molecule has 5 nitrogen and oxygen atoms in total. The van der Waals surface area contributed by atoms with Crippen molar-refractivity contribution in [1.29, 1.82) is 0 Å². The number of halogens is 1. The lowest BCUT2D eigenvalue weighted by Gasteiger charge is -2.34. The summed E-state index contributed by atoms with van der Waals surface area (Å²) in [5, 5.41) is 3.30. The third kappa shape index (κ3) is 6.67. The van der Waals surface area contributed by atoms with Crippen LogP contribution in [0.4, 0.5) is 5.69 Å². The maximum absolute atomic E-state index is 12.7. The van der Waals surface area contributed by atoms with Crippen LogP contribution >= 0.6 is 11.6 Å². The molecule has 1 unspecified atom stereocenters. The number of likely N-dealkylation sites (N-methyl/N-ethyl adjacent to an activating group) is 1. The van der Waals surface area contributed by atoms with Crippen LogP contribution in [0.3, 0.4) is 0 Å². The van der Waals surface area contributed by atoms with Gasteiger partial charge in [0.15, 0.2) is 13.1 Å². The van der Waals surface area contributed by atoms with Gasteiger partial charge < -0.3 is 15.1 Å². The van der Waals surface area contributed by atoms with Crippen LogP contribution in [-0.4, -0.2) is 48.9 Å². The number of amides is 2. The fourth-order valence-corrected chi connectivity index (χ4v) is 2.95. The first-order valence-corrected chi connectivity index (χ1v) is 9.34.